The average Bonchev–Trinajstić information content (AvgIpc) is 2.86. The maximum absolute atomic E-state index is 14.8. The smallest absolute Gasteiger partial charge is 0.200 e. The zero-order valence-electron chi connectivity index (χ0n) is 20.0. The average molecular weight is 481 g/mol. The molecule has 0 atom stereocenters. The van der Waals surface area contributed by atoms with Crippen molar-refractivity contribution in [3.63, 3.8) is 0 Å². The molecule has 4 rings (SSSR count). The molecule has 0 N–H and O–H groups in total. The zero-order chi connectivity index (χ0) is 24.8. The fourth-order valence-electron chi connectivity index (χ4n) is 4.57. The van der Waals surface area contributed by atoms with Gasteiger partial charge in [-0.25, -0.2) is 8.78 Å². The molecule has 1 aliphatic rings. The van der Waals surface area contributed by atoms with Gasteiger partial charge in [0.15, 0.2) is 11.6 Å². The Bertz CT molecular complexity index is 1150. The fraction of sp³-hybridized carbons (Fsp3) is 0.333. The monoisotopic (exact) mass is 480 g/mol. The van der Waals surface area contributed by atoms with Crippen LogP contribution in [0.5, 0.6) is 11.5 Å². The molecule has 3 aromatic rings. The Labute approximate surface area is 205 Å². The Kier molecular flexibility index (Phi) is 8.17. The van der Waals surface area contributed by atoms with Gasteiger partial charge in [-0.1, -0.05) is 56.2 Å². The summed E-state index contributed by atoms with van der Waals surface area (Å²) in [6.45, 7) is 6.36. The van der Waals surface area contributed by atoms with Crippen LogP contribution >= 0.6 is 0 Å². The molecule has 3 aromatic carbocycles. The van der Waals surface area contributed by atoms with Crippen LogP contribution in [0.2, 0.25) is 0 Å². The van der Waals surface area contributed by atoms with Crippen molar-refractivity contribution in [2.45, 2.75) is 51.6 Å². The second-order valence-electron chi connectivity index (χ2n) is 9.29. The number of hydrogen-bond acceptors (Lipinski definition) is 2. The van der Waals surface area contributed by atoms with Crippen molar-refractivity contribution in [1.29, 1.82) is 0 Å². The van der Waals surface area contributed by atoms with Gasteiger partial charge in [-0.05, 0) is 66.0 Å². The first-order chi connectivity index (χ1) is 17.0. The minimum atomic E-state index is -0.935. The summed E-state index contributed by atoms with van der Waals surface area (Å²) in [6.07, 6.45) is 6.28. The van der Waals surface area contributed by atoms with Gasteiger partial charge in [-0.15, -0.1) is 6.58 Å². The first-order valence-corrected chi connectivity index (χ1v) is 12.2. The molecule has 35 heavy (non-hydrogen) atoms. The predicted octanol–water partition coefficient (Wildman–Crippen LogP) is 8.60. The van der Waals surface area contributed by atoms with E-state index in [9.17, 15) is 13.2 Å². The molecule has 184 valence electrons. The Hall–Kier alpha value is -3.21. The number of rotatable bonds is 9. The summed E-state index contributed by atoms with van der Waals surface area (Å²) in [5, 5.41) is 0. The van der Waals surface area contributed by atoms with Gasteiger partial charge in [-0.2, -0.15) is 4.39 Å². The van der Waals surface area contributed by atoms with Crippen LogP contribution in [0.1, 0.15) is 56.1 Å². The van der Waals surface area contributed by atoms with E-state index in [-0.39, 0.29) is 24.1 Å². The van der Waals surface area contributed by atoms with Gasteiger partial charge in [-0.3, -0.25) is 0 Å². The number of halogens is 3. The summed E-state index contributed by atoms with van der Waals surface area (Å²) in [7, 11) is 0. The first-order valence-electron chi connectivity index (χ1n) is 12.2. The lowest BCUT2D eigenvalue weighted by atomic mass is 9.79. The molecule has 2 nitrogen and oxygen atoms in total. The summed E-state index contributed by atoms with van der Waals surface area (Å²) in [6, 6.07) is 15.1. The molecule has 1 saturated carbocycles. The lowest BCUT2D eigenvalue weighted by Crippen LogP contribution is -2.13. The van der Waals surface area contributed by atoms with Gasteiger partial charge in [0, 0.05) is 11.6 Å². The van der Waals surface area contributed by atoms with E-state index in [4.69, 9.17) is 9.47 Å². The second-order valence-corrected chi connectivity index (χ2v) is 9.29. The molecule has 0 aliphatic heterocycles. The topological polar surface area (TPSA) is 18.5 Å². The molecule has 0 amide bonds. The van der Waals surface area contributed by atoms with Crippen LogP contribution in [0.15, 0.2) is 67.3 Å². The molecule has 0 bridgehead atoms. The molecule has 0 aromatic heterocycles. The molecule has 5 heteroatoms. The largest absolute Gasteiger partial charge is 0.493 e. The van der Waals surface area contributed by atoms with Crippen LogP contribution in [0.4, 0.5) is 13.2 Å². The minimum Gasteiger partial charge on any atom is -0.493 e. The Balaban J connectivity index is 1.39. The molecule has 0 radical (unpaired) electrons. The maximum Gasteiger partial charge on any atom is 0.200 e. The van der Waals surface area contributed by atoms with Crippen LogP contribution in [0.3, 0.4) is 0 Å². The van der Waals surface area contributed by atoms with Gasteiger partial charge >= 0.3 is 0 Å². The van der Waals surface area contributed by atoms with Crippen molar-refractivity contribution in [3.8, 4) is 22.6 Å². The third kappa shape index (κ3) is 6.08. The van der Waals surface area contributed by atoms with E-state index in [1.54, 1.807) is 48.5 Å². The molecule has 0 unspecified atom stereocenters. The van der Waals surface area contributed by atoms with Crippen LogP contribution in [-0.2, 0) is 6.61 Å². The fourth-order valence-corrected chi connectivity index (χ4v) is 4.57. The summed E-state index contributed by atoms with van der Waals surface area (Å²) in [4.78, 5) is 0. The Morgan fingerprint density at radius 1 is 0.886 bits per heavy atom. The van der Waals surface area contributed by atoms with Crippen LogP contribution in [0.25, 0.3) is 11.1 Å². The highest BCUT2D eigenvalue weighted by Gasteiger charge is 2.25. The Morgan fingerprint density at radius 3 is 2.31 bits per heavy atom. The van der Waals surface area contributed by atoms with Gasteiger partial charge in [0.05, 0.1) is 6.61 Å². The van der Waals surface area contributed by atoms with Crippen molar-refractivity contribution in [2.24, 2.45) is 5.92 Å². The minimum absolute atomic E-state index is 0.0652. The van der Waals surface area contributed by atoms with E-state index < -0.39 is 11.6 Å². The van der Waals surface area contributed by atoms with Crippen molar-refractivity contribution < 1.29 is 22.6 Å². The Morgan fingerprint density at radius 2 is 1.63 bits per heavy atom. The predicted molar refractivity (Wildman–Crippen MR) is 133 cm³/mol. The van der Waals surface area contributed by atoms with Gasteiger partial charge in [0.25, 0.3) is 0 Å². The lowest BCUT2D eigenvalue weighted by Gasteiger charge is -2.27. The summed E-state index contributed by atoms with van der Waals surface area (Å²) >= 11 is 0. The lowest BCUT2D eigenvalue weighted by molar-refractivity contribution is 0.282. The number of hydrogen-bond donors (Lipinski definition) is 0. The van der Waals surface area contributed by atoms with E-state index in [1.165, 1.54) is 12.1 Å². The third-order valence-electron chi connectivity index (χ3n) is 6.72. The van der Waals surface area contributed by atoms with Gasteiger partial charge in [0.1, 0.15) is 18.2 Å². The van der Waals surface area contributed by atoms with Gasteiger partial charge < -0.3 is 9.47 Å². The maximum atomic E-state index is 14.8. The molecule has 0 spiro atoms. The number of ether oxygens (including phenoxy) is 2. The van der Waals surface area contributed by atoms with Gasteiger partial charge in [0.2, 0.25) is 5.82 Å². The van der Waals surface area contributed by atoms with E-state index in [0.717, 1.165) is 31.2 Å². The summed E-state index contributed by atoms with van der Waals surface area (Å²) in [5.74, 6) is -1.04. The van der Waals surface area contributed by atoms with Crippen LogP contribution in [-0.4, -0.2) is 6.61 Å². The SMILES string of the molecule is C=CCCOc1ccc(-c2ccc(COc3ccc(C4CCC(C)CC4)c(F)c3F)cc2)c(F)c1. The molecule has 1 fully saturated rings. The molecular weight excluding hydrogens is 449 g/mol. The zero-order valence-corrected chi connectivity index (χ0v) is 20.0. The molecule has 0 heterocycles. The molecular formula is C30H31F3O2. The van der Waals surface area contributed by atoms with Crippen molar-refractivity contribution in [2.75, 3.05) is 6.61 Å². The van der Waals surface area contributed by atoms with Crippen molar-refractivity contribution in [3.05, 3.63) is 95.8 Å². The quantitative estimate of drug-likeness (QED) is 0.225. The van der Waals surface area contributed by atoms with Crippen LogP contribution < -0.4 is 9.47 Å². The van der Waals surface area contributed by atoms with E-state index in [0.29, 0.717) is 41.4 Å². The molecule has 0 saturated heterocycles. The highest BCUT2D eigenvalue weighted by Crippen LogP contribution is 2.38. The van der Waals surface area contributed by atoms with E-state index >= 15 is 0 Å². The highest BCUT2D eigenvalue weighted by molar-refractivity contribution is 5.65. The summed E-state index contributed by atoms with van der Waals surface area (Å²) < 4.78 is 55.1. The number of benzene rings is 3. The third-order valence-corrected chi connectivity index (χ3v) is 6.72. The van der Waals surface area contributed by atoms with E-state index in [2.05, 4.69) is 13.5 Å². The van der Waals surface area contributed by atoms with Crippen molar-refractivity contribution >= 4 is 0 Å². The highest BCUT2D eigenvalue weighted by atomic mass is 19.2. The van der Waals surface area contributed by atoms with Crippen molar-refractivity contribution in [1.82, 2.24) is 0 Å². The normalized spacial score (nSPS) is 17.7. The second kappa shape index (κ2) is 11.5. The van der Waals surface area contributed by atoms with E-state index in [1.807, 2.05) is 0 Å². The summed E-state index contributed by atoms with van der Waals surface area (Å²) in [5.41, 5.74) is 2.37. The molecule has 1 aliphatic carbocycles. The first kappa shape index (κ1) is 24.9. The standard InChI is InChI=1S/C30H31F3O2/c1-3-4-17-34-24-13-14-25(27(31)18-24)22-11-7-21(8-12-22)19-35-28-16-15-26(29(32)30(28)33)23-9-5-20(2)6-10-23/h3,7-8,11-16,18,20,23H,1,4-6,9-10,17,19H2,2H3. The van der Waals surface area contributed by atoms with Crippen LogP contribution in [0, 0.1) is 23.4 Å².